The monoisotopic (exact) mass is 168 g/mol. The van der Waals surface area contributed by atoms with Crippen molar-refractivity contribution in [2.45, 2.75) is 18.9 Å². The number of nitrogens with one attached hydrogen (secondary N) is 1. The predicted molar refractivity (Wildman–Crippen MR) is 45.9 cm³/mol. The molecule has 1 saturated carbocycles. The molecule has 2 rings (SSSR count). The maximum Gasteiger partial charge on any atom is 0.126 e. The molecule has 0 unspecified atom stereocenters. The molecule has 1 N–H and O–H groups in total. The minimum absolute atomic E-state index is 0.656. The van der Waals surface area contributed by atoms with Gasteiger partial charge < -0.3 is 5.32 Å². The summed E-state index contributed by atoms with van der Waals surface area (Å²) in [6, 6.07) is 4.41. The summed E-state index contributed by atoms with van der Waals surface area (Å²) in [7, 11) is 0. The Labute approximate surface area is 70.6 Å². The molecule has 3 heteroatoms. The SMILES string of the molecule is Clc1ccc(NC2CC2)nc1. The zero-order chi connectivity index (χ0) is 7.68. The van der Waals surface area contributed by atoms with Crippen LogP contribution in [0.25, 0.3) is 0 Å². The third-order valence-electron chi connectivity index (χ3n) is 1.66. The van der Waals surface area contributed by atoms with E-state index < -0.39 is 0 Å². The molecule has 0 radical (unpaired) electrons. The number of nitrogens with zero attached hydrogens (tertiary/aromatic N) is 1. The molecule has 0 bridgehead atoms. The zero-order valence-electron chi connectivity index (χ0n) is 6.05. The average Bonchev–Trinajstić information content (AvgIpc) is 2.78. The van der Waals surface area contributed by atoms with Gasteiger partial charge in [-0.25, -0.2) is 4.98 Å². The maximum absolute atomic E-state index is 5.67. The number of anilines is 1. The van der Waals surface area contributed by atoms with Crippen LogP contribution in [0.15, 0.2) is 18.3 Å². The first kappa shape index (κ1) is 6.92. The largest absolute Gasteiger partial charge is 0.367 e. The quantitative estimate of drug-likeness (QED) is 0.733. The van der Waals surface area contributed by atoms with Gasteiger partial charge in [-0.2, -0.15) is 0 Å². The van der Waals surface area contributed by atoms with Crippen LogP contribution >= 0.6 is 11.6 Å². The molecule has 0 aliphatic heterocycles. The summed E-state index contributed by atoms with van der Waals surface area (Å²) in [5.74, 6) is 0.928. The lowest BCUT2D eigenvalue weighted by molar-refractivity contribution is 1.11. The Morgan fingerprint density at radius 1 is 1.45 bits per heavy atom. The van der Waals surface area contributed by atoms with E-state index in [1.54, 1.807) is 6.20 Å². The van der Waals surface area contributed by atoms with Crippen molar-refractivity contribution in [3.8, 4) is 0 Å². The topological polar surface area (TPSA) is 24.9 Å². The van der Waals surface area contributed by atoms with Gasteiger partial charge in [-0.1, -0.05) is 11.6 Å². The predicted octanol–water partition coefficient (Wildman–Crippen LogP) is 2.31. The van der Waals surface area contributed by atoms with Crippen LogP contribution in [0, 0.1) is 0 Å². The van der Waals surface area contributed by atoms with Gasteiger partial charge in [0.2, 0.25) is 0 Å². The minimum Gasteiger partial charge on any atom is -0.367 e. The number of halogens is 1. The molecule has 1 aliphatic carbocycles. The van der Waals surface area contributed by atoms with Crippen molar-refractivity contribution in [2.75, 3.05) is 5.32 Å². The Balaban J connectivity index is 2.06. The number of hydrogen-bond donors (Lipinski definition) is 1. The van der Waals surface area contributed by atoms with Crippen LogP contribution in [0.5, 0.6) is 0 Å². The van der Waals surface area contributed by atoms with Crippen LogP contribution in [0.1, 0.15) is 12.8 Å². The highest BCUT2D eigenvalue weighted by Gasteiger charge is 2.20. The third kappa shape index (κ3) is 1.84. The second kappa shape index (κ2) is 2.70. The standard InChI is InChI=1S/C8H9ClN2/c9-6-1-4-8(10-5-6)11-7-2-3-7/h1,4-5,7H,2-3H2,(H,10,11). The van der Waals surface area contributed by atoms with E-state index in [4.69, 9.17) is 11.6 Å². The molecule has 0 aromatic carbocycles. The van der Waals surface area contributed by atoms with Crippen molar-refractivity contribution in [3.63, 3.8) is 0 Å². The Morgan fingerprint density at radius 3 is 2.82 bits per heavy atom. The van der Waals surface area contributed by atoms with Crippen LogP contribution in [-0.2, 0) is 0 Å². The number of hydrogen-bond acceptors (Lipinski definition) is 2. The Bertz CT molecular complexity index is 241. The first-order valence-corrected chi connectivity index (χ1v) is 4.10. The molecular formula is C8H9ClN2. The van der Waals surface area contributed by atoms with E-state index >= 15 is 0 Å². The van der Waals surface area contributed by atoms with Crippen molar-refractivity contribution < 1.29 is 0 Å². The van der Waals surface area contributed by atoms with E-state index in [0.29, 0.717) is 11.1 Å². The molecule has 0 spiro atoms. The van der Waals surface area contributed by atoms with Crippen molar-refractivity contribution in [1.82, 2.24) is 4.98 Å². The first-order valence-electron chi connectivity index (χ1n) is 3.73. The van der Waals surface area contributed by atoms with E-state index in [0.717, 1.165) is 5.82 Å². The van der Waals surface area contributed by atoms with Crippen molar-refractivity contribution in [3.05, 3.63) is 23.4 Å². The van der Waals surface area contributed by atoms with E-state index in [1.165, 1.54) is 12.8 Å². The smallest absolute Gasteiger partial charge is 0.126 e. The number of aromatic nitrogens is 1. The second-order valence-electron chi connectivity index (χ2n) is 2.78. The molecule has 1 heterocycles. The first-order chi connectivity index (χ1) is 5.34. The van der Waals surface area contributed by atoms with Gasteiger partial charge in [0.05, 0.1) is 5.02 Å². The summed E-state index contributed by atoms with van der Waals surface area (Å²) in [5.41, 5.74) is 0. The fourth-order valence-electron chi connectivity index (χ4n) is 0.898. The Morgan fingerprint density at radius 2 is 2.27 bits per heavy atom. The highest BCUT2D eigenvalue weighted by Crippen LogP contribution is 2.23. The Hall–Kier alpha value is -0.760. The fourth-order valence-corrected chi connectivity index (χ4v) is 1.01. The van der Waals surface area contributed by atoms with Gasteiger partial charge in [-0.15, -0.1) is 0 Å². The molecule has 1 aromatic rings. The Kier molecular flexibility index (Phi) is 1.70. The molecule has 1 aromatic heterocycles. The summed E-state index contributed by atoms with van der Waals surface area (Å²) >= 11 is 5.67. The number of rotatable bonds is 2. The molecule has 0 saturated heterocycles. The van der Waals surface area contributed by atoms with Gasteiger partial charge in [0, 0.05) is 12.2 Å². The van der Waals surface area contributed by atoms with E-state index in [1.807, 2.05) is 12.1 Å². The normalized spacial score (nSPS) is 16.5. The number of pyridine rings is 1. The summed E-state index contributed by atoms with van der Waals surface area (Å²) in [6.07, 6.45) is 4.20. The van der Waals surface area contributed by atoms with Gasteiger partial charge in [0.15, 0.2) is 0 Å². The third-order valence-corrected chi connectivity index (χ3v) is 1.88. The summed E-state index contributed by atoms with van der Waals surface area (Å²) in [6.45, 7) is 0. The van der Waals surface area contributed by atoms with Gasteiger partial charge in [0.1, 0.15) is 5.82 Å². The molecule has 1 fully saturated rings. The van der Waals surface area contributed by atoms with Gasteiger partial charge in [0.25, 0.3) is 0 Å². The summed E-state index contributed by atoms with van der Waals surface area (Å²) < 4.78 is 0. The lowest BCUT2D eigenvalue weighted by atomic mass is 10.4. The molecule has 0 amide bonds. The highest BCUT2D eigenvalue weighted by atomic mass is 35.5. The average molecular weight is 169 g/mol. The van der Waals surface area contributed by atoms with E-state index in [9.17, 15) is 0 Å². The molecule has 11 heavy (non-hydrogen) atoms. The summed E-state index contributed by atoms with van der Waals surface area (Å²) in [5, 5.41) is 3.96. The fraction of sp³-hybridized carbons (Fsp3) is 0.375. The van der Waals surface area contributed by atoms with Crippen molar-refractivity contribution >= 4 is 17.4 Å². The van der Waals surface area contributed by atoms with Crippen molar-refractivity contribution in [1.29, 1.82) is 0 Å². The zero-order valence-corrected chi connectivity index (χ0v) is 6.80. The van der Waals surface area contributed by atoms with Crippen LogP contribution < -0.4 is 5.32 Å². The molecule has 58 valence electrons. The van der Waals surface area contributed by atoms with Gasteiger partial charge >= 0.3 is 0 Å². The van der Waals surface area contributed by atoms with Crippen LogP contribution in [0.2, 0.25) is 5.02 Å². The maximum atomic E-state index is 5.67. The molecule has 2 nitrogen and oxygen atoms in total. The van der Waals surface area contributed by atoms with Crippen LogP contribution in [0.4, 0.5) is 5.82 Å². The molecule has 0 atom stereocenters. The molecular weight excluding hydrogens is 160 g/mol. The van der Waals surface area contributed by atoms with Crippen LogP contribution in [-0.4, -0.2) is 11.0 Å². The van der Waals surface area contributed by atoms with E-state index in [-0.39, 0.29) is 0 Å². The molecule has 1 aliphatic rings. The van der Waals surface area contributed by atoms with Crippen LogP contribution in [0.3, 0.4) is 0 Å². The van der Waals surface area contributed by atoms with Gasteiger partial charge in [-0.3, -0.25) is 0 Å². The lowest BCUT2D eigenvalue weighted by Crippen LogP contribution is -2.01. The van der Waals surface area contributed by atoms with Crippen molar-refractivity contribution in [2.24, 2.45) is 0 Å². The minimum atomic E-state index is 0.656. The van der Waals surface area contributed by atoms with Gasteiger partial charge in [-0.05, 0) is 25.0 Å². The summed E-state index contributed by atoms with van der Waals surface area (Å²) in [4.78, 5) is 4.12. The van der Waals surface area contributed by atoms with E-state index in [2.05, 4.69) is 10.3 Å². The highest BCUT2D eigenvalue weighted by molar-refractivity contribution is 6.30. The second-order valence-corrected chi connectivity index (χ2v) is 3.22. The lowest BCUT2D eigenvalue weighted by Gasteiger charge is -2.01.